The summed E-state index contributed by atoms with van der Waals surface area (Å²) in [6, 6.07) is 14.8. The van der Waals surface area contributed by atoms with E-state index in [4.69, 9.17) is 14.9 Å². The molecule has 0 heterocycles. The van der Waals surface area contributed by atoms with E-state index in [0.29, 0.717) is 18.4 Å². The van der Waals surface area contributed by atoms with Gasteiger partial charge in [0.15, 0.2) is 11.4 Å². The number of benzene rings is 2. The normalized spacial score (nSPS) is 13.5. The van der Waals surface area contributed by atoms with E-state index < -0.39 is 5.60 Å². The van der Waals surface area contributed by atoms with Gasteiger partial charge in [-0.25, -0.2) is 0 Å². The third-order valence-corrected chi connectivity index (χ3v) is 4.36. The Bertz CT molecular complexity index is 661. The molecule has 1 atom stereocenters. The zero-order valence-corrected chi connectivity index (χ0v) is 14.2. The van der Waals surface area contributed by atoms with E-state index in [2.05, 4.69) is 0 Å². The number of hydrogen-bond donors (Lipinski definition) is 2. The fourth-order valence-corrected chi connectivity index (χ4v) is 2.69. The molecule has 0 spiro atoms. The molecule has 2 N–H and O–H groups in total. The standard InChI is InChI=1S/C20H24O4/c1-20(24-2,18-9-5-16(6-10-18)12-14-22)19(23)17-7-3-15(4-8-17)11-13-21/h3-10,21-22H,11-14H2,1-2H3. The fourth-order valence-electron chi connectivity index (χ4n) is 2.69. The number of methoxy groups -OCH3 is 1. The van der Waals surface area contributed by atoms with E-state index in [1.54, 1.807) is 19.1 Å². The highest BCUT2D eigenvalue weighted by atomic mass is 16.5. The lowest BCUT2D eigenvalue weighted by Gasteiger charge is -2.27. The Labute approximate surface area is 142 Å². The van der Waals surface area contributed by atoms with Crippen molar-refractivity contribution in [2.24, 2.45) is 0 Å². The maximum Gasteiger partial charge on any atom is 0.198 e. The van der Waals surface area contributed by atoms with Gasteiger partial charge in [-0.1, -0.05) is 48.5 Å². The Kier molecular flexibility index (Phi) is 6.26. The topological polar surface area (TPSA) is 66.8 Å². The quantitative estimate of drug-likeness (QED) is 0.731. The van der Waals surface area contributed by atoms with Gasteiger partial charge in [0.05, 0.1) is 0 Å². The van der Waals surface area contributed by atoms with Crippen LogP contribution in [0.15, 0.2) is 48.5 Å². The zero-order chi connectivity index (χ0) is 17.6. The predicted molar refractivity (Wildman–Crippen MR) is 93.2 cm³/mol. The van der Waals surface area contributed by atoms with E-state index in [-0.39, 0.29) is 19.0 Å². The highest BCUT2D eigenvalue weighted by molar-refractivity contribution is 6.02. The van der Waals surface area contributed by atoms with E-state index in [0.717, 1.165) is 16.7 Å². The van der Waals surface area contributed by atoms with E-state index in [1.165, 1.54) is 7.11 Å². The predicted octanol–water partition coefficient (Wildman–Crippen LogP) is 2.50. The molecule has 0 saturated heterocycles. The van der Waals surface area contributed by atoms with Gasteiger partial charge in [-0.2, -0.15) is 0 Å². The monoisotopic (exact) mass is 328 g/mol. The summed E-state index contributed by atoms with van der Waals surface area (Å²) in [5.74, 6) is -0.115. The van der Waals surface area contributed by atoms with Crippen molar-refractivity contribution < 1.29 is 19.7 Å². The second kappa shape index (κ2) is 8.20. The van der Waals surface area contributed by atoms with E-state index >= 15 is 0 Å². The van der Waals surface area contributed by atoms with Crippen LogP contribution >= 0.6 is 0 Å². The molecular weight excluding hydrogens is 304 g/mol. The molecule has 4 nitrogen and oxygen atoms in total. The Hall–Kier alpha value is -2.01. The molecule has 128 valence electrons. The highest BCUT2D eigenvalue weighted by Gasteiger charge is 2.35. The van der Waals surface area contributed by atoms with Crippen molar-refractivity contribution in [1.29, 1.82) is 0 Å². The van der Waals surface area contributed by atoms with Crippen molar-refractivity contribution in [3.05, 3.63) is 70.8 Å². The average Bonchev–Trinajstić information content (AvgIpc) is 2.62. The first kappa shape index (κ1) is 18.3. The molecular formula is C20H24O4. The van der Waals surface area contributed by atoms with E-state index in [1.807, 2.05) is 36.4 Å². The first-order chi connectivity index (χ1) is 11.5. The summed E-state index contributed by atoms with van der Waals surface area (Å²) in [5, 5.41) is 18.0. The number of ether oxygens (including phenoxy) is 1. The molecule has 0 aliphatic heterocycles. The summed E-state index contributed by atoms with van der Waals surface area (Å²) < 4.78 is 5.58. The highest BCUT2D eigenvalue weighted by Crippen LogP contribution is 2.29. The van der Waals surface area contributed by atoms with Crippen LogP contribution in [0.1, 0.15) is 34.0 Å². The summed E-state index contributed by atoms with van der Waals surface area (Å²) in [4.78, 5) is 13.0. The number of aliphatic hydroxyl groups is 2. The minimum atomic E-state index is -1.07. The van der Waals surface area contributed by atoms with Crippen LogP contribution in [-0.4, -0.2) is 36.3 Å². The largest absolute Gasteiger partial charge is 0.396 e. The van der Waals surface area contributed by atoms with Gasteiger partial charge in [0.1, 0.15) is 0 Å². The summed E-state index contributed by atoms with van der Waals surface area (Å²) in [6.07, 6.45) is 1.16. The smallest absolute Gasteiger partial charge is 0.198 e. The van der Waals surface area contributed by atoms with Gasteiger partial charge in [0.25, 0.3) is 0 Å². The van der Waals surface area contributed by atoms with Crippen molar-refractivity contribution in [3.63, 3.8) is 0 Å². The number of aliphatic hydroxyl groups excluding tert-OH is 2. The van der Waals surface area contributed by atoms with Crippen LogP contribution in [0.25, 0.3) is 0 Å². The minimum absolute atomic E-state index is 0.0866. The summed E-state index contributed by atoms with van der Waals surface area (Å²) in [7, 11) is 1.53. The van der Waals surface area contributed by atoms with Gasteiger partial charge in [0, 0.05) is 25.9 Å². The summed E-state index contributed by atoms with van der Waals surface area (Å²) >= 11 is 0. The number of hydrogen-bond acceptors (Lipinski definition) is 4. The number of Topliss-reactive ketones (excluding diaryl/α,β-unsaturated/α-hetero) is 1. The molecule has 2 aromatic rings. The van der Waals surface area contributed by atoms with Crippen LogP contribution in [0.4, 0.5) is 0 Å². The molecule has 0 aliphatic carbocycles. The Morgan fingerprint density at radius 3 is 1.79 bits per heavy atom. The van der Waals surface area contributed by atoms with Crippen LogP contribution < -0.4 is 0 Å². The Morgan fingerprint density at radius 1 is 0.917 bits per heavy atom. The van der Waals surface area contributed by atoms with Crippen molar-refractivity contribution in [3.8, 4) is 0 Å². The molecule has 1 unspecified atom stereocenters. The van der Waals surface area contributed by atoms with Crippen molar-refractivity contribution in [2.75, 3.05) is 20.3 Å². The van der Waals surface area contributed by atoms with Crippen LogP contribution in [0, 0.1) is 0 Å². The van der Waals surface area contributed by atoms with Gasteiger partial charge in [-0.15, -0.1) is 0 Å². The third-order valence-electron chi connectivity index (χ3n) is 4.36. The molecule has 0 aliphatic rings. The number of carbonyl (C=O) groups excluding carboxylic acids is 1. The number of rotatable bonds is 8. The third kappa shape index (κ3) is 3.90. The van der Waals surface area contributed by atoms with E-state index in [9.17, 15) is 4.79 Å². The lowest BCUT2D eigenvalue weighted by molar-refractivity contribution is 0.0101. The van der Waals surface area contributed by atoms with Gasteiger partial charge in [0.2, 0.25) is 0 Å². The minimum Gasteiger partial charge on any atom is -0.396 e. The van der Waals surface area contributed by atoms with Gasteiger partial charge in [-0.05, 0) is 36.5 Å². The van der Waals surface area contributed by atoms with Crippen LogP contribution in [-0.2, 0) is 23.2 Å². The van der Waals surface area contributed by atoms with Crippen LogP contribution in [0.5, 0.6) is 0 Å². The average molecular weight is 328 g/mol. The number of carbonyl (C=O) groups is 1. The van der Waals surface area contributed by atoms with Gasteiger partial charge >= 0.3 is 0 Å². The molecule has 0 saturated carbocycles. The summed E-state index contributed by atoms with van der Waals surface area (Å²) in [5.41, 5.74) is 2.27. The van der Waals surface area contributed by atoms with Crippen molar-refractivity contribution >= 4 is 5.78 Å². The Balaban J connectivity index is 2.28. The first-order valence-electron chi connectivity index (χ1n) is 8.05. The molecule has 4 heteroatoms. The fraction of sp³-hybridized carbons (Fsp3) is 0.350. The molecule has 0 aromatic heterocycles. The SMILES string of the molecule is COC(C)(C(=O)c1ccc(CCO)cc1)c1ccc(CCO)cc1. The molecule has 0 amide bonds. The molecule has 0 fully saturated rings. The van der Waals surface area contributed by atoms with Crippen molar-refractivity contribution in [2.45, 2.75) is 25.4 Å². The second-order valence-corrected chi connectivity index (χ2v) is 5.91. The lowest BCUT2D eigenvalue weighted by atomic mass is 9.86. The molecule has 2 rings (SSSR count). The number of ketones is 1. The maximum absolute atomic E-state index is 13.0. The van der Waals surface area contributed by atoms with Crippen LogP contribution in [0.3, 0.4) is 0 Å². The lowest BCUT2D eigenvalue weighted by Crippen LogP contribution is -2.34. The maximum atomic E-state index is 13.0. The zero-order valence-electron chi connectivity index (χ0n) is 14.2. The second-order valence-electron chi connectivity index (χ2n) is 5.91. The molecule has 0 radical (unpaired) electrons. The van der Waals surface area contributed by atoms with Crippen LogP contribution in [0.2, 0.25) is 0 Å². The summed E-state index contributed by atoms with van der Waals surface area (Å²) in [6.45, 7) is 1.95. The first-order valence-corrected chi connectivity index (χ1v) is 8.05. The van der Waals surface area contributed by atoms with Gasteiger partial charge in [-0.3, -0.25) is 4.79 Å². The van der Waals surface area contributed by atoms with Gasteiger partial charge < -0.3 is 14.9 Å². The molecule has 2 aromatic carbocycles. The van der Waals surface area contributed by atoms with Crippen molar-refractivity contribution in [1.82, 2.24) is 0 Å². The molecule has 24 heavy (non-hydrogen) atoms. The molecule has 0 bridgehead atoms. The Morgan fingerprint density at radius 2 is 1.38 bits per heavy atom.